The van der Waals surface area contributed by atoms with Gasteiger partial charge in [-0.25, -0.2) is 8.42 Å². The second kappa shape index (κ2) is 7.78. The Morgan fingerprint density at radius 3 is 2.12 bits per heavy atom. The van der Waals surface area contributed by atoms with Gasteiger partial charge < -0.3 is 4.74 Å². The van der Waals surface area contributed by atoms with E-state index in [-0.39, 0.29) is 16.6 Å². The van der Waals surface area contributed by atoms with E-state index in [1.807, 2.05) is 0 Å². The normalized spacial score (nSPS) is 12.7. The van der Waals surface area contributed by atoms with Crippen LogP contribution >= 0.6 is 0 Å². The number of benzene rings is 1. The van der Waals surface area contributed by atoms with Crippen LogP contribution in [0.1, 0.15) is 41.4 Å². The predicted octanol–water partition coefficient (Wildman–Crippen LogP) is 2.71. The fraction of sp³-hybridized carbons (Fsp3) is 0.316. The number of hydrogen-bond acceptors (Lipinski definition) is 6. The maximum absolute atomic E-state index is 12.9. The van der Waals surface area contributed by atoms with Crippen molar-refractivity contribution < 1.29 is 22.7 Å². The number of ether oxygens (including phenoxy) is 1. The van der Waals surface area contributed by atoms with Crippen molar-refractivity contribution in [3.05, 3.63) is 59.4 Å². The largest absolute Gasteiger partial charge is 0.462 e. The minimum absolute atomic E-state index is 0.113. The van der Waals surface area contributed by atoms with Gasteiger partial charge in [0.25, 0.3) is 0 Å². The Balaban J connectivity index is 2.45. The summed E-state index contributed by atoms with van der Waals surface area (Å²) in [4.78, 5) is 29.6. The van der Waals surface area contributed by atoms with Crippen molar-refractivity contribution >= 4 is 21.6 Å². The molecule has 2 aromatic rings. The topological polar surface area (TPSA) is 90.4 Å². The van der Waals surface area contributed by atoms with E-state index in [0.717, 1.165) is 11.9 Å². The number of aryl methyl sites for hydroxylation is 1. The first-order valence-electron chi connectivity index (χ1n) is 8.07. The molecule has 0 N–H and O–H groups in total. The van der Waals surface area contributed by atoms with Gasteiger partial charge in [-0.2, -0.15) is 0 Å². The Kier molecular flexibility index (Phi) is 5.92. The predicted molar refractivity (Wildman–Crippen MR) is 96.8 cm³/mol. The Morgan fingerprint density at radius 1 is 1.04 bits per heavy atom. The lowest BCUT2D eigenvalue weighted by molar-refractivity contribution is -0.147. The lowest BCUT2D eigenvalue weighted by Crippen LogP contribution is -2.26. The smallest absolute Gasteiger partial charge is 0.321 e. The zero-order valence-corrected chi connectivity index (χ0v) is 15.9. The van der Waals surface area contributed by atoms with Gasteiger partial charge in [0.2, 0.25) is 0 Å². The third-order valence-electron chi connectivity index (χ3n) is 3.69. The molecule has 0 amide bonds. The summed E-state index contributed by atoms with van der Waals surface area (Å²) in [5.74, 6) is -2.32. The highest BCUT2D eigenvalue weighted by Gasteiger charge is 2.32. The minimum Gasteiger partial charge on any atom is -0.462 e. The molecule has 0 aliphatic heterocycles. The molecule has 0 aliphatic rings. The lowest BCUT2D eigenvalue weighted by Gasteiger charge is -2.17. The van der Waals surface area contributed by atoms with Crippen LogP contribution in [0, 0.1) is 6.92 Å². The first-order valence-corrected chi connectivity index (χ1v) is 9.96. The van der Waals surface area contributed by atoms with Gasteiger partial charge in [0.1, 0.15) is 5.92 Å². The maximum Gasteiger partial charge on any atom is 0.321 e. The molecule has 138 valence electrons. The number of sulfone groups is 1. The molecule has 0 bridgehead atoms. The summed E-state index contributed by atoms with van der Waals surface area (Å²) in [5.41, 5.74) is 1.41. The number of pyridine rings is 1. The molecule has 0 saturated carbocycles. The molecule has 1 aromatic heterocycles. The Morgan fingerprint density at radius 2 is 1.65 bits per heavy atom. The number of rotatable bonds is 6. The van der Waals surface area contributed by atoms with E-state index < -0.39 is 27.5 Å². The van der Waals surface area contributed by atoms with Crippen molar-refractivity contribution in [2.24, 2.45) is 0 Å². The van der Waals surface area contributed by atoms with Crippen molar-refractivity contribution in [3.8, 4) is 0 Å². The van der Waals surface area contributed by atoms with Gasteiger partial charge in [0.15, 0.2) is 15.6 Å². The van der Waals surface area contributed by atoms with E-state index in [1.54, 1.807) is 32.9 Å². The zero-order valence-electron chi connectivity index (χ0n) is 15.1. The fourth-order valence-corrected chi connectivity index (χ4v) is 3.01. The second-order valence-electron chi connectivity index (χ2n) is 6.31. The van der Waals surface area contributed by atoms with E-state index in [0.29, 0.717) is 5.56 Å². The number of Topliss-reactive ketones (excluding diaryl/α,β-unsaturated/α-hetero) is 1. The molecule has 0 radical (unpaired) electrons. The van der Waals surface area contributed by atoms with E-state index in [2.05, 4.69) is 4.98 Å². The van der Waals surface area contributed by atoms with Crippen LogP contribution in [0.2, 0.25) is 0 Å². The number of ketones is 1. The van der Waals surface area contributed by atoms with Crippen molar-refractivity contribution in [2.75, 3.05) is 6.26 Å². The summed E-state index contributed by atoms with van der Waals surface area (Å²) in [6.07, 6.45) is 2.12. The maximum atomic E-state index is 12.9. The number of nitrogens with zero attached hydrogens (tertiary/aromatic N) is 1. The average Bonchev–Trinajstić information content (AvgIpc) is 2.54. The van der Waals surface area contributed by atoms with Crippen molar-refractivity contribution in [1.29, 1.82) is 0 Å². The van der Waals surface area contributed by atoms with Crippen molar-refractivity contribution in [2.45, 2.75) is 37.7 Å². The highest BCUT2D eigenvalue weighted by molar-refractivity contribution is 7.90. The minimum atomic E-state index is -3.37. The molecule has 7 heteroatoms. The lowest BCUT2D eigenvalue weighted by atomic mass is 9.91. The summed E-state index contributed by atoms with van der Waals surface area (Å²) >= 11 is 0. The van der Waals surface area contributed by atoms with Gasteiger partial charge in [-0.05, 0) is 50.6 Å². The van der Waals surface area contributed by atoms with Gasteiger partial charge in [0.05, 0.1) is 11.0 Å². The van der Waals surface area contributed by atoms with Crippen molar-refractivity contribution in [3.63, 3.8) is 0 Å². The summed E-state index contributed by atoms with van der Waals surface area (Å²) in [6, 6.07) is 8.96. The third kappa shape index (κ3) is 4.76. The molecule has 0 fully saturated rings. The van der Waals surface area contributed by atoms with Gasteiger partial charge >= 0.3 is 5.97 Å². The van der Waals surface area contributed by atoms with Crippen LogP contribution in [0.4, 0.5) is 0 Å². The van der Waals surface area contributed by atoms with Crippen LogP contribution in [0.3, 0.4) is 0 Å². The summed E-state index contributed by atoms with van der Waals surface area (Å²) < 4.78 is 28.5. The molecule has 0 saturated heterocycles. The average molecular weight is 375 g/mol. The van der Waals surface area contributed by atoms with Gasteiger partial charge in [0, 0.05) is 23.7 Å². The van der Waals surface area contributed by atoms with Gasteiger partial charge in [-0.15, -0.1) is 0 Å². The first kappa shape index (κ1) is 19.8. The molecule has 6 nitrogen and oxygen atoms in total. The molecular weight excluding hydrogens is 354 g/mol. The second-order valence-corrected chi connectivity index (χ2v) is 8.33. The highest BCUT2D eigenvalue weighted by atomic mass is 32.2. The number of hydrogen-bond donors (Lipinski definition) is 0. The molecule has 1 aromatic carbocycles. The third-order valence-corrected chi connectivity index (χ3v) is 4.82. The monoisotopic (exact) mass is 375 g/mol. The Labute approximate surface area is 153 Å². The van der Waals surface area contributed by atoms with E-state index >= 15 is 0 Å². The molecule has 1 atom stereocenters. The van der Waals surface area contributed by atoms with Crippen LogP contribution in [-0.4, -0.2) is 37.5 Å². The quantitative estimate of drug-likeness (QED) is 0.438. The number of aromatic nitrogens is 1. The van der Waals surface area contributed by atoms with Crippen LogP contribution in [0.25, 0.3) is 0 Å². The highest BCUT2D eigenvalue weighted by Crippen LogP contribution is 2.25. The van der Waals surface area contributed by atoms with Crippen molar-refractivity contribution in [1.82, 2.24) is 4.98 Å². The van der Waals surface area contributed by atoms with E-state index in [1.165, 1.54) is 30.5 Å². The van der Waals surface area contributed by atoms with Crippen LogP contribution in [0.5, 0.6) is 0 Å². The zero-order chi connectivity index (χ0) is 19.5. The molecular formula is C19H21NO5S. The Hall–Kier alpha value is -2.54. The molecule has 1 heterocycles. The molecule has 26 heavy (non-hydrogen) atoms. The number of carbonyl (C=O) groups is 2. The molecule has 0 aliphatic carbocycles. The molecule has 2 rings (SSSR count). The van der Waals surface area contributed by atoms with Crippen LogP contribution in [0.15, 0.2) is 47.5 Å². The number of esters is 1. The SMILES string of the molecule is Cc1ccc(C(=O)C(C(=O)OC(C)C)c2ccc(S(C)(=O)=O)cc2)cn1. The van der Waals surface area contributed by atoms with Crippen LogP contribution in [-0.2, 0) is 19.4 Å². The summed E-state index contributed by atoms with van der Waals surface area (Å²) in [7, 11) is -3.37. The van der Waals surface area contributed by atoms with Gasteiger partial charge in [-0.1, -0.05) is 12.1 Å². The fourth-order valence-electron chi connectivity index (χ4n) is 2.38. The molecule has 1 unspecified atom stereocenters. The van der Waals surface area contributed by atoms with E-state index in [9.17, 15) is 18.0 Å². The van der Waals surface area contributed by atoms with Crippen LogP contribution < -0.4 is 0 Å². The van der Waals surface area contributed by atoms with Gasteiger partial charge in [-0.3, -0.25) is 14.6 Å². The molecule has 0 spiro atoms. The summed E-state index contributed by atoms with van der Waals surface area (Å²) in [5, 5.41) is 0. The number of carbonyl (C=O) groups excluding carboxylic acids is 2. The summed E-state index contributed by atoms with van der Waals surface area (Å²) in [6.45, 7) is 5.18. The standard InChI is InChI=1S/C19H21NO5S/c1-12(2)25-19(22)17(18(21)15-6-5-13(3)20-11-15)14-7-9-16(10-8-14)26(4,23)24/h5-12,17H,1-4H3. The Bertz CT molecular complexity index is 900. The van der Waals surface area contributed by atoms with E-state index in [4.69, 9.17) is 4.74 Å². The first-order chi connectivity index (χ1) is 12.1.